The highest BCUT2D eigenvalue weighted by molar-refractivity contribution is 5.95. The predicted molar refractivity (Wildman–Crippen MR) is 120 cm³/mol. The number of nitrogens with zero attached hydrogens (tertiary/aromatic N) is 5. The number of benzene rings is 1. The largest absolute Gasteiger partial charge is 0.497 e. The van der Waals surface area contributed by atoms with Crippen LogP contribution >= 0.6 is 0 Å². The van der Waals surface area contributed by atoms with E-state index in [1.54, 1.807) is 32.4 Å². The fourth-order valence-corrected chi connectivity index (χ4v) is 4.19. The lowest BCUT2D eigenvalue weighted by atomic mass is 10.1. The minimum absolute atomic E-state index is 0.00951. The number of piperidine rings is 1. The van der Waals surface area contributed by atoms with Crippen molar-refractivity contribution in [1.29, 1.82) is 0 Å². The highest BCUT2D eigenvalue weighted by atomic mass is 16.5. The van der Waals surface area contributed by atoms with Crippen LogP contribution in [0.5, 0.6) is 11.5 Å². The number of hydrogen-bond donors (Lipinski definition) is 0. The first-order valence-electron chi connectivity index (χ1n) is 11.0. The van der Waals surface area contributed by atoms with Crippen LogP contribution in [0.2, 0.25) is 0 Å². The number of aryl methyl sites for hydroxylation is 1. The topological polar surface area (TPSA) is 71.0 Å². The summed E-state index contributed by atoms with van der Waals surface area (Å²) in [7, 11) is 3.17. The average molecular weight is 426 g/mol. The van der Waals surface area contributed by atoms with Gasteiger partial charge in [0.25, 0.3) is 5.91 Å². The number of methoxy groups -OCH3 is 2. The summed E-state index contributed by atoms with van der Waals surface area (Å²) in [6.45, 7) is 6.82. The Kier molecular flexibility index (Phi) is 6.44. The van der Waals surface area contributed by atoms with E-state index in [0.29, 0.717) is 30.2 Å². The van der Waals surface area contributed by atoms with Crippen LogP contribution < -0.4 is 19.3 Å². The molecule has 0 spiro atoms. The van der Waals surface area contributed by atoms with E-state index >= 15 is 0 Å². The molecule has 31 heavy (non-hydrogen) atoms. The maximum absolute atomic E-state index is 13.1. The van der Waals surface area contributed by atoms with Gasteiger partial charge in [-0.3, -0.25) is 4.79 Å². The highest BCUT2D eigenvalue weighted by Gasteiger charge is 2.25. The molecule has 0 N–H and O–H groups in total. The van der Waals surface area contributed by atoms with Gasteiger partial charge in [0.1, 0.15) is 17.3 Å². The second-order valence-corrected chi connectivity index (χ2v) is 8.10. The molecule has 166 valence electrons. The van der Waals surface area contributed by atoms with Crippen LogP contribution in [0.1, 0.15) is 35.3 Å². The van der Waals surface area contributed by atoms with Crippen LogP contribution in [0.3, 0.4) is 0 Å². The minimum Gasteiger partial charge on any atom is -0.497 e. The fourth-order valence-electron chi connectivity index (χ4n) is 4.19. The number of hydrogen-bond acceptors (Lipinski definition) is 7. The predicted octanol–water partition coefficient (Wildman–Crippen LogP) is 2.75. The lowest BCUT2D eigenvalue weighted by molar-refractivity contribution is 0.0745. The normalized spacial score (nSPS) is 16.9. The van der Waals surface area contributed by atoms with Crippen LogP contribution in [0.25, 0.3) is 0 Å². The summed E-state index contributed by atoms with van der Waals surface area (Å²) < 4.78 is 10.6. The Morgan fingerprint density at radius 1 is 0.806 bits per heavy atom. The Morgan fingerprint density at radius 2 is 1.45 bits per heavy atom. The first-order chi connectivity index (χ1) is 15.1. The molecule has 2 aliphatic rings. The van der Waals surface area contributed by atoms with Gasteiger partial charge in [-0.25, -0.2) is 4.98 Å². The van der Waals surface area contributed by atoms with E-state index in [0.717, 1.165) is 43.6 Å². The number of carbonyl (C=O) groups is 1. The number of rotatable bonds is 5. The van der Waals surface area contributed by atoms with Crippen molar-refractivity contribution in [1.82, 2.24) is 14.9 Å². The molecular weight excluding hydrogens is 394 g/mol. The number of carbonyl (C=O) groups excluding carboxylic acids is 1. The summed E-state index contributed by atoms with van der Waals surface area (Å²) >= 11 is 0. The zero-order valence-electron chi connectivity index (χ0n) is 18.6. The van der Waals surface area contributed by atoms with E-state index in [1.165, 1.54) is 19.3 Å². The third-order valence-corrected chi connectivity index (χ3v) is 5.96. The maximum Gasteiger partial charge on any atom is 0.254 e. The summed E-state index contributed by atoms with van der Waals surface area (Å²) in [4.78, 5) is 29.0. The van der Waals surface area contributed by atoms with Crippen LogP contribution in [-0.2, 0) is 0 Å². The molecule has 8 heteroatoms. The molecule has 8 nitrogen and oxygen atoms in total. The van der Waals surface area contributed by atoms with E-state index in [4.69, 9.17) is 14.5 Å². The molecular formula is C23H31N5O3. The van der Waals surface area contributed by atoms with Gasteiger partial charge in [0.2, 0.25) is 5.95 Å². The third-order valence-electron chi connectivity index (χ3n) is 5.96. The minimum atomic E-state index is -0.00951. The molecule has 1 aromatic heterocycles. The van der Waals surface area contributed by atoms with Gasteiger partial charge in [-0.05, 0) is 38.3 Å². The molecule has 0 radical (unpaired) electrons. The van der Waals surface area contributed by atoms with Crippen molar-refractivity contribution >= 4 is 17.7 Å². The molecule has 1 aromatic carbocycles. The van der Waals surface area contributed by atoms with E-state index in [2.05, 4.69) is 14.8 Å². The van der Waals surface area contributed by atoms with Crippen LogP contribution in [0, 0.1) is 6.92 Å². The molecule has 2 aliphatic heterocycles. The van der Waals surface area contributed by atoms with Gasteiger partial charge in [-0.15, -0.1) is 0 Å². The summed E-state index contributed by atoms with van der Waals surface area (Å²) in [5.41, 5.74) is 1.56. The van der Waals surface area contributed by atoms with E-state index in [-0.39, 0.29) is 5.91 Å². The van der Waals surface area contributed by atoms with Crippen molar-refractivity contribution in [3.05, 3.63) is 35.5 Å². The molecule has 0 unspecified atom stereocenters. The first-order valence-corrected chi connectivity index (χ1v) is 11.0. The van der Waals surface area contributed by atoms with Gasteiger partial charge < -0.3 is 24.2 Å². The van der Waals surface area contributed by atoms with Gasteiger partial charge in [0.05, 0.1) is 14.2 Å². The van der Waals surface area contributed by atoms with Gasteiger partial charge in [-0.2, -0.15) is 4.98 Å². The second-order valence-electron chi connectivity index (χ2n) is 8.10. The number of aromatic nitrogens is 2. The summed E-state index contributed by atoms with van der Waals surface area (Å²) in [5, 5.41) is 0. The molecule has 2 aromatic rings. The smallest absolute Gasteiger partial charge is 0.254 e. The number of amides is 1. The van der Waals surface area contributed by atoms with Crippen molar-refractivity contribution in [2.24, 2.45) is 0 Å². The molecule has 0 atom stereocenters. The zero-order valence-corrected chi connectivity index (χ0v) is 18.6. The van der Waals surface area contributed by atoms with Crippen molar-refractivity contribution in [3.63, 3.8) is 0 Å². The first kappa shape index (κ1) is 21.2. The molecule has 4 rings (SSSR count). The molecule has 0 bridgehead atoms. The Morgan fingerprint density at radius 3 is 2.06 bits per heavy atom. The molecule has 2 saturated heterocycles. The Labute approximate surface area is 183 Å². The SMILES string of the molecule is COc1cc(OC)cc(C(=O)N2CCN(c3cc(C)nc(N4CCCCC4)n3)CC2)c1. The van der Waals surface area contributed by atoms with Crippen molar-refractivity contribution < 1.29 is 14.3 Å². The van der Waals surface area contributed by atoms with E-state index in [1.807, 2.05) is 17.9 Å². The molecule has 1 amide bonds. The van der Waals surface area contributed by atoms with Gasteiger partial charge in [0.15, 0.2) is 0 Å². The maximum atomic E-state index is 13.1. The average Bonchev–Trinajstić information content (AvgIpc) is 2.83. The van der Waals surface area contributed by atoms with Gasteiger partial charge in [0, 0.05) is 62.7 Å². The molecule has 2 fully saturated rings. The summed E-state index contributed by atoms with van der Waals surface area (Å²) in [6.07, 6.45) is 3.68. The number of anilines is 2. The number of ether oxygens (including phenoxy) is 2. The fraction of sp³-hybridized carbons (Fsp3) is 0.522. The quantitative estimate of drug-likeness (QED) is 0.729. The zero-order chi connectivity index (χ0) is 21.8. The van der Waals surface area contributed by atoms with E-state index in [9.17, 15) is 4.79 Å². The molecule has 0 aliphatic carbocycles. The Hall–Kier alpha value is -3.03. The van der Waals surface area contributed by atoms with Crippen LogP contribution in [0.4, 0.5) is 11.8 Å². The monoisotopic (exact) mass is 425 g/mol. The highest BCUT2D eigenvalue weighted by Crippen LogP contribution is 2.25. The van der Waals surface area contributed by atoms with Crippen LogP contribution in [0.15, 0.2) is 24.3 Å². The standard InChI is InChI=1S/C23H31N5O3/c1-17-13-21(25-23(24-17)28-7-5-4-6-8-28)26-9-11-27(12-10-26)22(29)18-14-19(30-2)16-20(15-18)31-3/h13-16H,4-12H2,1-3H3. The lowest BCUT2D eigenvalue weighted by Crippen LogP contribution is -2.49. The van der Waals surface area contributed by atoms with Gasteiger partial charge >= 0.3 is 0 Å². The molecule has 3 heterocycles. The molecule has 0 saturated carbocycles. The van der Waals surface area contributed by atoms with Crippen molar-refractivity contribution in [3.8, 4) is 11.5 Å². The summed E-state index contributed by atoms with van der Waals surface area (Å²) in [5.74, 6) is 3.00. The Bertz CT molecular complexity index is 899. The third kappa shape index (κ3) is 4.84. The van der Waals surface area contributed by atoms with E-state index < -0.39 is 0 Å². The Balaban J connectivity index is 1.44. The van der Waals surface area contributed by atoms with Crippen LogP contribution in [-0.4, -0.2) is 74.3 Å². The second kappa shape index (κ2) is 9.41. The van der Waals surface area contributed by atoms with Crippen molar-refractivity contribution in [2.45, 2.75) is 26.2 Å². The summed E-state index contributed by atoms with van der Waals surface area (Å²) in [6, 6.07) is 7.33. The van der Waals surface area contributed by atoms with Gasteiger partial charge in [-0.1, -0.05) is 0 Å². The van der Waals surface area contributed by atoms with Crippen molar-refractivity contribution in [2.75, 3.05) is 63.3 Å². The number of piperazine rings is 1. The lowest BCUT2D eigenvalue weighted by Gasteiger charge is -2.36.